The molecule has 1 heterocycles. The van der Waals surface area contributed by atoms with Gasteiger partial charge >= 0.3 is 0 Å². The molecule has 0 spiro atoms. The van der Waals surface area contributed by atoms with Gasteiger partial charge in [0.25, 0.3) is 0 Å². The van der Waals surface area contributed by atoms with Gasteiger partial charge < -0.3 is 5.73 Å². The van der Waals surface area contributed by atoms with Crippen molar-refractivity contribution in [2.24, 2.45) is 5.73 Å². The average Bonchev–Trinajstić information content (AvgIpc) is 2.15. The molecule has 0 aromatic carbocycles. The summed E-state index contributed by atoms with van der Waals surface area (Å²) in [4.78, 5) is 3.90. The molecule has 15 heavy (non-hydrogen) atoms. The summed E-state index contributed by atoms with van der Waals surface area (Å²) >= 11 is 0. The summed E-state index contributed by atoms with van der Waals surface area (Å²) in [6.07, 6.45) is 3.12. The third-order valence-corrected chi connectivity index (χ3v) is 3.77. The van der Waals surface area contributed by atoms with Crippen molar-refractivity contribution in [3.8, 4) is 0 Å². The highest BCUT2D eigenvalue weighted by Gasteiger charge is 2.18. The minimum Gasteiger partial charge on any atom is -0.329 e. The monoisotopic (exact) mass is 229 g/mol. The molecule has 0 bridgehead atoms. The molecule has 0 amide bonds. The summed E-state index contributed by atoms with van der Waals surface area (Å²) in [5.41, 5.74) is 6.67. The summed E-state index contributed by atoms with van der Waals surface area (Å²) in [6.45, 7) is 3.50. The van der Waals surface area contributed by atoms with E-state index in [0.717, 1.165) is 5.56 Å². The molecular weight excluding hydrogens is 214 g/mol. The lowest BCUT2D eigenvalue weighted by Gasteiger charge is -2.12. The number of nitrogens with one attached hydrogen (secondary N) is 1. The first-order valence-electron chi connectivity index (χ1n) is 4.59. The van der Waals surface area contributed by atoms with Crippen molar-refractivity contribution in [1.82, 2.24) is 4.98 Å². The van der Waals surface area contributed by atoms with E-state index in [1.165, 1.54) is 6.20 Å². The Labute approximate surface area is 89.8 Å². The maximum Gasteiger partial charge on any atom is 0.236 e. The van der Waals surface area contributed by atoms with Crippen LogP contribution in [0.2, 0.25) is 0 Å². The van der Waals surface area contributed by atoms with Gasteiger partial charge in [0.15, 0.2) is 0 Å². The first-order chi connectivity index (χ1) is 6.95. The fraction of sp³-hybridized carbons (Fsp3) is 0.444. The molecule has 0 fully saturated rings. The standard InChI is InChI=1S/C9H15N3O2S/c1-7-3-9(6-11-5-7)12-15(13,14)8(2)4-10/h3,5-6,8,12H,4,10H2,1-2H3. The van der Waals surface area contributed by atoms with Gasteiger partial charge in [0.2, 0.25) is 10.0 Å². The number of nitrogens with zero attached hydrogens (tertiary/aromatic N) is 1. The predicted molar refractivity (Wildman–Crippen MR) is 60.0 cm³/mol. The minimum atomic E-state index is -3.40. The fourth-order valence-electron chi connectivity index (χ4n) is 1.00. The zero-order valence-electron chi connectivity index (χ0n) is 8.77. The van der Waals surface area contributed by atoms with Crippen molar-refractivity contribution in [2.45, 2.75) is 19.1 Å². The summed E-state index contributed by atoms with van der Waals surface area (Å²) in [5.74, 6) is 0. The van der Waals surface area contributed by atoms with E-state index in [0.29, 0.717) is 5.69 Å². The van der Waals surface area contributed by atoms with Gasteiger partial charge in [-0.05, 0) is 25.5 Å². The van der Waals surface area contributed by atoms with Gasteiger partial charge in [-0.25, -0.2) is 8.42 Å². The lowest BCUT2D eigenvalue weighted by Crippen LogP contribution is -2.31. The number of aromatic nitrogens is 1. The number of hydrogen-bond donors (Lipinski definition) is 2. The Hall–Kier alpha value is -1.14. The van der Waals surface area contributed by atoms with E-state index in [2.05, 4.69) is 9.71 Å². The highest BCUT2D eigenvalue weighted by atomic mass is 32.2. The van der Waals surface area contributed by atoms with Crippen LogP contribution in [0.25, 0.3) is 0 Å². The van der Waals surface area contributed by atoms with Crippen LogP contribution in [-0.4, -0.2) is 25.2 Å². The first kappa shape index (κ1) is 11.9. The molecule has 6 heteroatoms. The molecule has 84 valence electrons. The molecule has 0 saturated carbocycles. The van der Waals surface area contributed by atoms with Crippen LogP contribution in [0.1, 0.15) is 12.5 Å². The molecule has 1 rings (SSSR count). The predicted octanol–water partition coefficient (Wildman–Crippen LogP) is 0.479. The van der Waals surface area contributed by atoms with E-state index in [1.54, 1.807) is 19.2 Å². The van der Waals surface area contributed by atoms with Crippen LogP contribution in [0.15, 0.2) is 18.5 Å². The fourth-order valence-corrected chi connectivity index (χ4v) is 1.90. The molecule has 3 N–H and O–H groups in total. The van der Waals surface area contributed by atoms with Crippen molar-refractivity contribution >= 4 is 15.7 Å². The summed E-state index contributed by atoms with van der Waals surface area (Å²) in [6, 6.07) is 1.72. The van der Waals surface area contributed by atoms with E-state index in [9.17, 15) is 8.42 Å². The van der Waals surface area contributed by atoms with Crippen molar-refractivity contribution in [3.63, 3.8) is 0 Å². The Balaban J connectivity index is 2.87. The maximum atomic E-state index is 11.6. The van der Waals surface area contributed by atoms with Gasteiger partial charge in [-0.1, -0.05) is 0 Å². The first-order valence-corrected chi connectivity index (χ1v) is 6.13. The Bertz CT molecular complexity index is 431. The Morgan fingerprint density at radius 3 is 2.73 bits per heavy atom. The highest BCUT2D eigenvalue weighted by molar-refractivity contribution is 7.93. The number of sulfonamides is 1. The summed E-state index contributed by atoms with van der Waals surface area (Å²) in [5, 5.41) is -0.613. The van der Waals surface area contributed by atoms with Gasteiger partial charge in [-0.15, -0.1) is 0 Å². The summed E-state index contributed by atoms with van der Waals surface area (Å²) < 4.78 is 25.7. The number of hydrogen-bond acceptors (Lipinski definition) is 4. The van der Waals surface area contributed by atoms with Gasteiger partial charge in [0.05, 0.1) is 17.1 Å². The van der Waals surface area contributed by atoms with Crippen molar-refractivity contribution < 1.29 is 8.42 Å². The van der Waals surface area contributed by atoms with Crippen molar-refractivity contribution in [2.75, 3.05) is 11.3 Å². The molecule has 0 saturated heterocycles. The van der Waals surface area contributed by atoms with Crippen LogP contribution in [-0.2, 0) is 10.0 Å². The van der Waals surface area contributed by atoms with Crippen LogP contribution < -0.4 is 10.5 Å². The third kappa shape index (κ3) is 3.17. The molecule has 0 aliphatic rings. The Morgan fingerprint density at radius 1 is 1.53 bits per heavy atom. The second-order valence-corrected chi connectivity index (χ2v) is 5.54. The van der Waals surface area contributed by atoms with Gasteiger partial charge in [-0.2, -0.15) is 0 Å². The molecule has 1 aromatic rings. The maximum absolute atomic E-state index is 11.6. The summed E-state index contributed by atoms with van der Waals surface area (Å²) in [7, 11) is -3.40. The van der Waals surface area contributed by atoms with E-state index in [4.69, 9.17) is 5.73 Å². The average molecular weight is 229 g/mol. The quantitative estimate of drug-likeness (QED) is 0.786. The van der Waals surface area contributed by atoms with Gasteiger partial charge in [0, 0.05) is 12.7 Å². The number of rotatable bonds is 4. The van der Waals surface area contributed by atoms with Crippen LogP contribution in [0.5, 0.6) is 0 Å². The molecule has 0 aliphatic carbocycles. The molecule has 1 unspecified atom stereocenters. The highest BCUT2D eigenvalue weighted by Crippen LogP contribution is 2.11. The number of nitrogens with two attached hydrogens (primary N) is 1. The van der Waals surface area contributed by atoms with Gasteiger partial charge in [-0.3, -0.25) is 9.71 Å². The van der Waals surface area contributed by atoms with Crippen molar-refractivity contribution in [1.29, 1.82) is 0 Å². The van der Waals surface area contributed by atoms with Crippen LogP contribution in [0.3, 0.4) is 0 Å². The topological polar surface area (TPSA) is 85.1 Å². The Morgan fingerprint density at radius 2 is 2.20 bits per heavy atom. The van der Waals surface area contributed by atoms with Crippen LogP contribution in [0.4, 0.5) is 5.69 Å². The molecule has 0 radical (unpaired) electrons. The number of aryl methyl sites for hydroxylation is 1. The molecular formula is C9H15N3O2S. The van der Waals surface area contributed by atoms with E-state index in [1.807, 2.05) is 6.92 Å². The second-order valence-electron chi connectivity index (χ2n) is 3.44. The molecule has 0 aliphatic heterocycles. The smallest absolute Gasteiger partial charge is 0.236 e. The lowest BCUT2D eigenvalue weighted by atomic mass is 10.3. The molecule has 1 atom stereocenters. The lowest BCUT2D eigenvalue weighted by molar-refractivity contribution is 0.589. The van der Waals surface area contributed by atoms with Crippen LogP contribution >= 0.6 is 0 Å². The third-order valence-electron chi connectivity index (χ3n) is 2.00. The number of anilines is 1. The van der Waals surface area contributed by atoms with Crippen molar-refractivity contribution in [3.05, 3.63) is 24.0 Å². The zero-order valence-corrected chi connectivity index (χ0v) is 9.58. The largest absolute Gasteiger partial charge is 0.329 e. The van der Waals surface area contributed by atoms with E-state index >= 15 is 0 Å². The molecule has 5 nitrogen and oxygen atoms in total. The Kier molecular flexibility index (Phi) is 3.65. The number of pyridine rings is 1. The normalized spacial score (nSPS) is 13.5. The van der Waals surface area contributed by atoms with Gasteiger partial charge in [0.1, 0.15) is 0 Å². The molecule has 1 aromatic heterocycles. The SMILES string of the molecule is Cc1cncc(NS(=O)(=O)C(C)CN)c1. The van der Waals surface area contributed by atoms with E-state index < -0.39 is 15.3 Å². The van der Waals surface area contributed by atoms with Crippen LogP contribution in [0, 0.1) is 6.92 Å². The van der Waals surface area contributed by atoms with E-state index in [-0.39, 0.29) is 6.54 Å². The zero-order chi connectivity index (χ0) is 11.5. The minimum absolute atomic E-state index is 0.0918. The second kappa shape index (κ2) is 4.59.